The average Bonchev–Trinajstić information content (AvgIpc) is 3.09. The molecule has 0 aromatic carbocycles. The zero-order valence-electron chi connectivity index (χ0n) is 20.4. The molecule has 176 valence electrons. The number of aromatic amines is 1. The second-order valence-corrected chi connectivity index (χ2v) is 10.2. The van der Waals surface area contributed by atoms with Crippen LogP contribution in [0, 0.1) is 24.7 Å². The Balaban J connectivity index is 0.000000785. The SMILES string of the molecule is CC(C)C.Cc1cnc(CC2CCN(C(=O)CN3CCN[C@@H](CC(C)C)C3=O)CC2)[nH]1. The molecule has 7 nitrogen and oxygen atoms in total. The van der Waals surface area contributed by atoms with Gasteiger partial charge in [0, 0.05) is 44.5 Å². The van der Waals surface area contributed by atoms with Crippen molar-refractivity contribution in [2.24, 2.45) is 17.8 Å². The Bertz CT molecular complexity index is 689. The van der Waals surface area contributed by atoms with Gasteiger partial charge in [-0.3, -0.25) is 9.59 Å². The summed E-state index contributed by atoms with van der Waals surface area (Å²) in [5.74, 6) is 3.06. The molecule has 0 bridgehead atoms. The summed E-state index contributed by atoms with van der Waals surface area (Å²) < 4.78 is 0. The standard InChI is InChI=1S/C20H33N5O2.C4H10/c1-14(2)10-17-20(27)25(9-6-21-17)13-19(26)24-7-4-16(5-8-24)11-18-22-12-15(3)23-18;1-4(2)3/h12,14,16-17,21H,4-11,13H2,1-3H3,(H,22,23);4H,1-3H3/t17-;/m0./s1. The minimum absolute atomic E-state index is 0.0753. The number of H-pyrrole nitrogens is 1. The van der Waals surface area contributed by atoms with Gasteiger partial charge in [-0.15, -0.1) is 0 Å². The van der Waals surface area contributed by atoms with Gasteiger partial charge < -0.3 is 20.1 Å². The number of aryl methyl sites for hydroxylation is 1. The number of imidazole rings is 1. The molecule has 0 unspecified atom stereocenters. The molecule has 0 spiro atoms. The Labute approximate surface area is 188 Å². The fourth-order valence-corrected chi connectivity index (χ4v) is 4.10. The smallest absolute Gasteiger partial charge is 0.242 e. The summed E-state index contributed by atoms with van der Waals surface area (Å²) in [5, 5.41) is 3.29. The number of hydrogen-bond donors (Lipinski definition) is 2. The summed E-state index contributed by atoms with van der Waals surface area (Å²) >= 11 is 0. The highest BCUT2D eigenvalue weighted by molar-refractivity contribution is 5.88. The molecule has 0 radical (unpaired) electrons. The summed E-state index contributed by atoms with van der Waals surface area (Å²) in [6.07, 6.45) is 5.63. The maximum absolute atomic E-state index is 12.7. The summed E-state index contributed by atoms with van der Waals surface area (Å²) in [7, 11) is 0. The maximum atomic E-state index is 12.7. The molecule has 1 aromatic heterocycles. The summed E-state index contributed by atoms with van der Waals surface area (Å²) in [5.41, 5.74) is 1.09. The Hall–Kier alpha value is -1.89. The van der Waals surface area contributed by atoms with Gasteiger partial charge in [0.2, 0.25) is 11.8 Å². The zero-order chi connectivity index (χ0) is 23.0. The third kappa shape index (κ3) is 8.63. The number of carbonyl (C=O) groups excluding carboxylic acids is 2. The van der Waals surface area contributed by atoms with E-state index < -0.39 is 0 Å². The van der Waals surface area contributed by atoms with Crippen LogP contribution in [-0.2, 0) is 16.0 Å². The van der Waals surface area contributed by atoms with Crippen molar-refractivity contribution < 1.29 is 9.59 Å². The predicted octanol–water partition coefficient (Wildman–Crippen LogP) is 3.01. The minimum Gasteiger partial charge on any atom is -0.346 e. The number of piperazine rings is 1. The fourth-order valence-electron chi connectivity index (χ4n) is 4.10. The third-order valence-electron chi connectivity index (χ3n) is 5.62. The van der Waals surface area contributed by atoms with E-state index in [4.69, 9.17) is 0 Å². The molecule has 3 rings (SSSR count). The number of aromatic nitrogens is 2. The van der Waals surface area contributed by atoms with Crippen LogP contribution in [0.5, 0.6) is 0 Å². The van der Waals surface area contributed by atoms with Gasteiger partial charge in [-0.05, 0) is 43.9 Å². The number of carbonyl (C=O) groups is 2. The van der Waals surface area contributed by atoms with E-state index in [0.29, 0.717) is 18.4 Å². The Morgan fingerprint density at radius 3 is 2.35 bits per heavy atom. The van der Waals surface area contributed by atoms with Gasteiger partial charge in [-0.2, -0.15) is 0 Å². The quantitative estimate of drug-likeness (QED) is 0.723. The molecular weight excluding hydrogens is 390 g/mol. The van der Waals surface area contributed by atoms with E-state index in [2.05, 4.69) is 49.9 Å². The topological polar surface area (TPSA) is 81.3 Å². The van der Waals surface area contributed by atoms with Gasteiger partial charge in [0.15, 0.2) is 0 Å². The van der Waals surface area contributed by atoms with Crippen LogP contribution in [0.1, 0.15) is 65.4 Å². The average molecular weight is 434 g/mol. The summed E-state index contributed by atoms with van der Waals surface area (Å²) in [6, 6.07) is -0.144. The van der Waals surface area contributed by atoms with Crippen molar-refractivity contribution in [3.8, 4) is 0 Å². The molecule has 1 atom stereocenters. The van der Waals surface area contributed by atoms with Crippen LogP contribution < -0.4 is 5.32 Å². The lowest BCUT2D eigenvalue weighted by atomic mass is 9.93. The molecule has 2 saturated heterocycles. The van der Waals surface area contributed by atoms with Crippen molar-refractivity contribution in [1.29, 1.82) is 0 Å². The Morgan fingerprint density at radius 1 is 1.16 bits per heavy atom. The van der Waals surface area contributed by atoms with Gasteiger partial charge in [0.05, 0.1) is 12.6 Å². The monoisotopic (exact) mass is 433 g/mol. The van der Waals surface area contributed by atoms with Crippen molar-refractivity contribution in [3.05, 3.63) is 17.7 Å². The molecule has 2 amide bonds. The maximum Gasteiger partial charge on any atom is 0.242 e. The molecule has 1 aromatic rings. The number of piperidine rings is 1. The van der Waals surface area contributed by atoms with Gasteiger partial charge in [0.1, 0.15) is 5.82 Å². The van der Waals surface area contributed by atoms with Gasteiger partial charge in [-0.25, -0.2) is 4.98 Å². The lowest BCUT2D eigenvalue weighted by molar-refractivity contribution is -0.144. The molecule has 3 heterocycles. The molecule has 2 aliphatic heterocycles. The van der Waals surface area contributed by atoms with E-state index in [1.807, 2.05) is 18.0 Å². The zero-order valence-corrected chi connectivity index (χ0v) is 20.4. The number of hydrogen-bond acceptors (Lipinski definition) is 4. The van der Waals surface area contributed by atoms with Crippen LogP contribution in [0.25, 0.3) is 0 Å². The highest BCUT2D eigenvalue weighted by Crippen LogP contribution is 2.21. The first-order valence-electron chi connectivity index (χ1n) is 12.0. The van der Waals surface area contributed by atoms with E-state index >= 15 is 0 Å². The van der Waals surface area contributed by atoms with E-state index in [9.17, 15) is 9.59 Å². The highest BCUT2D eigenvalue weighted by atomic mass is 16.2. The second-order valence-electron chi connectivity index (χ2n) is 10.2. The number of nitrogens with zero attached hydrogens (tertiary/aromatic N) is 3. The predicted molar refractivity (Wildman–Crippen MR) is 125 cm³/mol. The molecule has 31 heavy (non-hydrogen) atoms. The van der Waals surface area contributed by atoms with Crippen molar-refractivity contribution in [3.63, 3.8) is 0 Å². The van der Waals surface area contributed by atoms with Crippen molar-refractivity contribution in [2.45, 2.75) is 73.3 Å². The molecule has 2 fully saturated rings. The lowest BCUT2D eigenvalue weighted by Crippen LogP contribution is -2.57. The summed E-state index contributed by atoms with van der Waals surface area (Å²) in [4.78, 5) is 36.7. The third-order valence-corrected chi connectivity index (χ3v) is 5.62. The second kappa shape index (κ2) is 12.2. The van der Waals surface area contributed by atoms with Crippen molar-refractivity contribution in [2.75, 3.05) is 32.7 Å². The molecule has 0 saturated carbocycles. The van der Waals surface area contributed by atoms with Crippen molar-refractivity contribution >= 4 is 11.8 Å². The molecule has 2 aliphatic rings. The molecule has 2 N–H and O–H groups in total. The highest BCUT2D eigenvalue weighted by Gasteiger charge is 2.31. The van der Waals surface area contributed by atoms with Gasteiger partial charge >= 0.3 is 0 Å². The molecule has 7 heteroatoms. The number of rotatable bonds is 6. The van der Waals surface area contributed by atoms with Crippen LogP contribution in [-0.4, -0.2) is 70.3 Å². The van der Waals surface area contributed by atoms with Crippen LogP contribution in [0.15, 0.2) is 6.20 Å². The van der Waals surface area contributed by atoms with Crippen molar-refractivity contribution in [1.82, 2.24) is 25.1 Å². The Morgan fingerprint density at radius 2 is 1.81 bits per heavy atom. The fraction of sp³-hybridized carbons (Fsp3) is 0.792. The molecule has 0 aliphatic carbocycles. The van der Waals surface area contributed by atoms with Crippen LogP contribution in [0.4, 0.5) is 0 Å². The minimum atomic E-state index is -0.144. The Kier molecular flexibility index (Phi) is 10.0. The number of likely N-dealkylation sites (tertiary alicyclic amines) is 1. The van der Waals surface area contributed by atoms with Gasteiger partial charge in [0.25, 0.3) is 0 Å². The lowest BCUT2D eigenvalue weighted by Gasteiger charge is -2.36. The largest absolute Gasteiger partial charge is 0.346 e. The van der Waals surface area contributed by atoms with Gasteiger partial charge in [-0.1, -0.05) is 34.6 Å². The first kappa shape index (κ1) is 25.4. The van der Waals surface area contributed by atoms with Crippen LogP contribution >= 0.6 is 0 Å². The van der Waals surface area contributed by atoms with Crippen LogP contribution in [0.3, 0.4) is 0 Å². The van der Waals surface area contributed by atoms with E-state index in [1.54, 1.807) is 4.90 Å². The summed E-state index contributed by atoms with van der Waals surface area (Å²) in [6.45, 7) is 15.9. The van der Waals surface area contributed by atoms with E-state index in [-0.39, 0.29) is 24.4 Å². The van der Waals surface area contributed by atoms with E-state index in [0.717, 1.165) is 62.8 Å². The number of amides is 2. The first-order valence-corrected chi connectivity index (χ1v) is 12.0. The first-order chi connectivity index (χ1) is 14.7. The van der Waals surface area contributed by atoms with E-state index in [1.165, 1.54) is 0 Å². The number of nitrogens with one attached hydrogen (secondary N) is 2. The molecular formula is C24H43N5O2. The normalized spacial score (nSPS) is 20.3. The van der Waals surface area contributed by atoms with Crippen LogP contribution in [0.2, 0.25) is 0 Å².